The molecule has 10 heavy (non-hydrogen) atoms. The third-order valence-electron chi connectivity index (χ3n) is 0. The van der Waals surface area contributed by atoms with Crippen molar-refractivity contribution in [1.29, 1.82) is 0 Å². The Balaban J connectivity index is -0.0000000104. The average Bonchev–Trinajstić information content (AvgIpc) is 2.20. The van der Waals surface area contributed by atoms with E-state index < -0.39 is 0 Å². The van der Waals surface area contributed by atoms with Crippen LogP contribution in [0.1, 0.15) is 0 Å². The summed E-state index contributed by atoms with van der Waals surface area (Å²) in [6.45, 7) is 0. The van der Waals surface area contributed by atoms with Gasteiger partial charge in [-0.05, 0) is 0 Å². The first kappa shape index (κ1) is 29.4. The average molecular weight is 319 g/mol. The first-order chi connectivity index (χ1) is 5.00. The molecular weight excluding hydrogens is 319 g/mol. The minimum absolute atomic E-state index is 0.750. The van der Waals surface area contributed by atoms with Crippen molar-refractivity contribution in [1.82, 2.24) is 0 Å². The predicted octanol–water partition coefficient (Wildman–Crippen LogP) is -0.606. The number of hydrogen-bond acceptors (Lipinski definition) is 5. The second kappa shape index (κ2) is 196. The monoisotopic (exact) mass is 320 g/mol. The van der Waals surface area contributed by atoms with Gasteiger partial charge < -0.3 is 0 Å². The van der Waals surface area contributed by atoms with Crippen molar-refractivity contribution >= 4 is 0 Å². The van der Waals surface area contributed by atoms with Crippen LogP contribution in [0.5, 0.6) is 0 Å². The van der Waals surface area contributed by atoms with E-state index in [1.807, 2.05) is 0 Å². The fraction of sp³-hybridized carbons (Fsp3) is 0. The van der Waals surface area contributed by atoms with E-state index in [1.54, 1.807) is 0 Å². The van der Waals surface area contributed by atoms with Crippen molar-refractivity contribution < 1.29 is 119 Å². The zero-order chi connectivity index (χ0) is 10.0. The van der Waals surface area contributed by atoms with Crippen molar-refractivity contribution in [3.8, 4) is 0 Å². The van der Waals surface area contributed by atoms with E-state index >= 15 is 0 Å². The summed E-state index contributed by atoms with van der Waals surface area (Å²) in [6, 6.07) is 0. The number of rotatable bonds is 0. The van der Waals surface area contributed by atoms with Crippen LogP contribution < -0.4 is 0 Å². The van der Waals surface area contributed by atoms with Gasteiger partial charge in [-0.25, -0.2) is 0 Å². The van der Waals surface area contributed by atoms with Gasteiger partial charge in [-0.15, -0.1) is 0 Å². The molecule has 0 unspecified atom stereocenters. The summed E-state index contributed by atoms with van der Waals surface area (Å²) in [5.41, 5.74) is 0. The fourth-order valence-corrected chi connectivity index (χ4v) is 0. The standard InChI is InChI=1S/5O.5Ti. The molecule has 0 N–H and O–H groups in total. The summed E-state index contributed by atoms with van der Waals surface area (Å²) in [5.74, 6) is 0. The van der Waals surface area contributed by atoms with Crippen LogP contribution in [-0.4, -0.2) is 0 Å². The van der Waals surface area contributed by atoms with Crippen LogP contribution in [0.25, 0.3) is 0 Å². The molecule has 0 spiro atoms. The third-order valence-corrected chi connectivity index (χ3v) is 0. The molecular formula is O5Ti5. The van der Waals surface area contributed by atoms with Crippen LogP contribution in [0.2, 0.25) is 0 Å². The minimum atomic E-state index is 0.750. The van der Waals surface area contributed by atoms with E-state index in [1.165, 1.54) is 0 Å². The van der Waals surface area contributed by atoms with Crippen molar-refractivity contribution in [3.05, 3.63) is 0 Å². The first-order valence-corrected chi connectivity index (χ1v) is 4.21. The quantitative estimate of drug-likeness (QED) is 0.556. The zero-order valence-corrected chi connectivity index (χ0v) is 12.3. The van der Waals surface area contributed by atoms with Crippen molar-refractivity contribution in [2.45, 2.75) is 0 Å². The zero-order valence-electron chi connectivity index (χ0n) is 4.54. The predicted molar refractivity (Wildman–Crippen MR) is 3.43 cm³/mol. The molecule has 0 amide bonds. The van der Waals surface area contributed by atoms with Crippen molar-refractivity contribution in [2.75, 3.05) is 0 Å². The van der Waals surface area contributed by atoms with Gasteiger partial charge in [-0.1, -0.05) is 0 Å². The van der Waals surface area contributed by atoms with Gasteiger partial charge in [-0.2, -0.15) is 0 Å². The van der Waals surface area contributed by atoms with E-state index in [9.17, 15) is 0 Å². The van der Waals surface area contributed by atoms with Crippen LogP contribution in [0.3, 0.4) is 0 Å². The van der Waals surface area contributed by atoms with Gasteiger partial charge in [0.15, 0.2) is 0 Å². The third kappa shape index (κ3) is 146. The molecule has 10 heteroatoms. The molecule has 0 saturated carbocycles. The molecule has 0 bridgehead atoms. The molecule has 0 aromatic heterocycles. The van der Waals surface area contributed by atoms with Crippen LogP contribution >= 0.6 is 0 Å². The van der Waals surface area contributed by atoms with E-state index in [0.29, 0.717) is 0 Å². The molecule has 0 saturated heterocycles. The Morgan fingerprint density at radius 3 is 0.300 bits per heavy atom. The Bertz CT molecular complexity index is 21.6. The molecule has 0 radical (unpaired) electrons. The van der Waals surface area contributed by atoms with Crippen LogP contribution in [0.15, 0.2) is 0 Å². The molecule has 0 heterocycles. The maximum absolute atomic E-state index is 8.25. The van der Waals surface area contributed by atoms with E-state index in [4.69, 9.17) is 16.6 Å². The van der Waals surface area contributed by atoms with E-state index in [0.717, 1.165) is 102 Å². The summed E-state index contributed by atoms with van der Waals surface area (Å²) >= 11 is 3.75. The van der Waals surface area contributed by atoms with Gasteiger partial charge >= 0.3 is 119 Å². The van der Waals surface area contributed by atoms with Gasteiger partial charge in [0.2, 0.25) is 0 Å². The fourth-order valence-electron chi connectivity index (χ4n) is 0. The summed E-state index contributed by atoms with van der Waals surface area (Å²) in [4.78, 5) is 0. The van der Waals surface area contributed by atoms with Gasteiger partial charge in [0.25, 0.3) is 0 Å². The Morgan fingerprint density at radius 1 is 0.300 bits per heavy atom. The molecule has 0 aliphatic rings. The van der Waals surface area contributed by atoms with E-state index in [-0.39, 0.29) is 0 Å². The molecule has 0 aromatic rings. The van der Waals surface area contributed by atoms with Gasteiger partial charge in [-0.3, -0.25) is 0 Å². The summed E-state index contributed by atoms with van der Waals surface area (Å²) < 4.78 is 41.2. The summed E-state index contributed by atoms with van der Waals surface area (Å²) in [6.07, 6.45) is 0. The Kier molecular flexibility index (Phi) is 574. The van der Waals surface area contributed by atoms with Gasteiger partial charge in [0.05, 0.1) is 0 Å². The first-order valence-electron chi connectivity index (χ1n) is 1.02. The van der Waals surface area contributed by atoms with Crippen molar-refractivity contribution in [3.63, 3.8) is 0 Å². The van der Waals surface area contributed by atoms with Crippen LogP contribution in [-0.2, 0) is 119 Å². The molecule has 50 valence electrons. The number of hydrogen-bond donors (Lipinski definition) is 0. The second-order valence-corrected chi connectivity index (χ2v) is 0. The normalized spacial score (nSPS) is 1.50. The molecule has 0 atom stereocenters. The molecule has 0 fully saturated rings. The molecule has 5 nitrogen and oxygen atoms in total. The Hall–Kier alpha value is 2.57. The maximum atomic E-state index is 8.25. The molecule has 0 aliphatic heterocycles. The van der Waals surface area contributed by atoms with Gasteiger partial charge in [0.1, 0.15) is 0 Å². The van der Waals surface area contributed by atoms with Gasteiger partial charge in [0, 0.05) is 0 Å². The Labute approximate surface area is 116 Å². The molecule has 0 aliphatic carbocycles. The second-order valence-electron chi connectivity index (χ2n) is 0. The molecule has 0 aromatic carbocycles. The van der Waals surface area contributed by atoms with Crippen LogP contribution in [0.4, 0.5) is 0 Å². The SMILES string of the molecule is [O]=[Ti].[O]=[Ti].[O]=[Ti].[O]=[Ti].[O]=[Ti]. The van der Waals surface area contributed by atoms with E-state index in [2.05, 4.69) is 0 Å². The molecule has 0 rings (SSSR count). The van der Waals surface area contributed by atoms with Crippen LogP contribution in [0, 0.1) is 0 Å². The summed E-state index contributed by atoms with van der Waals surface area (Å²) in [7, 11) is 0. The summed E-state index contributed by atoms with van der Waals surface area (Å²) in [5, 5.41) is 0. The Morgan fingerprint density at radius 2 is 0.300 bits per heavy atom. The topological polar surface area (TPSA) is 85.3 Å². The van der Waals surface area contributed by atoms with Crippen molar-refractivity contribution in [2.24, 2.45) is 0 Å².